The van der Waals surface area contributed by atoms with Crippen LogP contribution in [0.5, 0.6) is 5.75 Å². The zero-order valence-corrected chi connectivity index (χ0v) is 20.3. The summed E-state index contributed by atoms with van der Waals surface area (Å²) >= 11 is 0. The Morgan fingerprint density at radius 2 is 1.81 bits per heavy atom. The Balaban J connectivity index is 1.56. The molecule has 0 saturated heterocycles. The number of aryl methyl sites for hydroxylation is 1. The summed E-state index contributed by atoms with van der Waals surface area (Å²) < 4.78 is 74.7. The van der Waals surface area contributed by atoms with Crippen molar-refractivity contribution < 1.29 is 26.3 Å². The fourth-order valence-electron chi connectivity index (χ4n) is 4.29. The maximum absolute atomic E-state index is 13.6. The summed E-state index contributed by atoms with van der Waals surface area (Å²) in [6, 6.07) is 13.1. The van der Waals surface area contributed by atoms with Gasteiger partial charge in [-0.05, 0) is 54.8 Å². The lowest BCUT2D eigenvalue weighted by Gasteiger charge is -2.28. The minimum Gasteiger partial charge on any atom is -0.493 e. The molecule has 1 aliphatic rings. The number of ether oxygens (including phenoxy) is 1. The number of sulfonamides is 1. The molecular formula is C26H21F3N4O3S. The van der Waals surface area contributed by atoms with Crippen molar-refractivity contribution in [1.82, 2.24) is 15.0 Å². The molecule has 0 radical (unpaired) electrons. The van der Waals surface area contributed by atoms with Crippen LogP contribution in [0.1, 0.15) is 34.6 Å². The molecule has 0 amide bonds. The summed E-state index contributed by atoms with van der Waals surface area (Å²) in [4.78, 5) is 12.0. The smallest absolute Gasteiger partial charge is 0.416 e. The van der Waals surface area contributed by atoms with E-state index in [4.69, 9.17) is 4.74 Å². The fraction of sp³-hybridized carbons (Fsp3) is 0.192. The minimum atomic E-state index is -4.51. The summed E-state index contributed by atoms with van der Waals surface area (Å²) in [5.74, 6) is 0.145. The summed E-state index contributed by atoms with van der Waals surface area (Å²) in [5, 5.41) is 0. The van der Waals surface area contributed by atoms with Crippen LogP contribution in [0.15, 0.2) is 78.2 Å². The number of halogens is 3. The molecule has 5 rings (SSSR count). The fourth-order valence-corrected chi connectivity index (χ4v) is 5.32. The maximum atomic E-state index is 13.6. The van der Waals surface area contributed by atoms with Crippen LogP contribution in [0.25, 0.3) is 11.3 Å². The van der Waals surface area contributed by atoms with Crippen molar-refractivity contribution >= 4 is 15.8 Å². The molecule has 0 fully saturated rings. The molecule has 0 aliphatic carbocycles. The summed E-state index contributed by atoms with van der Waals surface area (Å²) in [5.41, 5.74) is 2.25. The number of aromatic nitrogens is 3. The van der Waals surface area contributed by atoms with Crippen molar-refractivity contribution in [2.24, 2.45) is 0 Å². The van der Waals surface area contributed by atoms with Gasteiger partial charge in [0, 0.05) is 35.5 Å². The quantitative estimate of drug-likeness (QED) is 0.365. The van der Waals surface area contributed by atoms with E-state index in [1.54, 1.807) is 24.4 Å². The zero-order valence-electron chi connectivity index (χ0n) is 19.5. The van der Waals surface area contributed by atoms with Crippen LogP contribution in [0.4, 0.5) is 19.0 Å². The van der Waals surface area contributed by atoms with Gasteiger partial charge in [0.1, 0.15) is 17.9 Å². The van der Waals surface area contributed by atoms with E-state index in [1.807, 2.05) is 6.92 Å². The zero-order chi connectivity index (χ0) is 26.2. The maximum Gasteiger partial charge on any atom is 0.416 e. The van der Waals surface area contributed by atoms with Gasteiger partial charge in [-0.1, -0.05) is 18.2 Å². The van der Waals surface area contributed by atoms with E-state index < -0.39 is 21.8 Å². The number of nitrogens with zero attached hydrogens (tertiary/aromatic N) is 3. The molecule has 37 heavy (non-hydrogen) atoms. The molecule has 2 aromatic heterocycles. The number of hydrogen-bond donors (Lipinski definition) is 1. The van der Waals surface area contributed by atoms with Gasteiger partial charge in [-0.25, -0.2) is 18.4 Å². The minimum absolute atomic E-state index is 0.0293. The van der Waals surface area contributed by atoms with Crippen molar-refractivity contribution in [3.63, 3.8) is 0 Å². The van der Waals surface area contributed by atoms with Crippen LogP contribution < -0.4 is 9.46 Å². The van der Waals surface area contributed by atoms with E-state index in [2.05, 4.69) is 19.7 Å². The van der Waals surface area contributed by atoms with Crippen molar-refractivity contribution in [2.75, 3.05) is 11.3 Å². The lowest BCUT2D eigenvalue weighted by Crippen LogP contribution is -2.19. The average Bonchev–Trinajstić information content (AvgIpc) is 2.88. The second kappa shape index (κ2) is 9.47. The highest BCUT2D eigenvalue weighted by atomic mass is 32.2. The van der Waals surface area contributed by atoms with Crippen LogP contribution in [0.3, 0.4) is 0 Å². The number of alkyl halides is 3. The van der Waals surface area contributed by atoms with Crippen LogP contribution >= 0.6 is 0 Å². The van der Waals surface area contributed by atoms with E-state index in [9.17, 15) is 21.6 Å². The highest BCUT2D eigenvalue weighted by Crippen LogP contribution is 2.44. The molecule has 4 aromatic rings. The van der Waals surface area contributed by atoms with E-state index >= 15 is 0 Å². The monoisotopic (exact) mass is 526 g/mol. The number of nitrogens with one attached hydrogen (secondary N) is 1. The molecular weight excluding hydrogens is 505 g/mol. The highest BCUT2D eigenvalue weighted by molar-refractivity contribution is 7.92. The van der Waals surface area contributed by atoms with Gasteiger partial charge in [-0.3, -0.25) is 9.71 Å². The number of pyridine rings is 1. The number of hydrogen-bond acceptors (Lipinski definition) is 6. The number of rotatable bonds is 5. The van der Waals surface area contributed by atoms with Crippen LogP contribution in [0, 0.1) is 6.92 Å². The Morgan fingerprint density at radius 1 is 1.00 bits per heavy atom. The van der Waals surface area contributed by atoms with Crippen LogP contribution in [0.2, 0.25) is 0 Å². The molecule has 1 atom stereocenters. The molecule has 1 aliphatic heterocycles. The van der Waals surface area contributed by atoms with Gasteiger partial charge in [0.2, 0.25) is 0 Å². The van der Waals surface area contributed by atoms with E-state index in [0.29, 0.717) is 34.6 Å². The molecule has 1 N–H and O–H groups in total. The molecule has 0 saturated carbocycles. The lowest BCUT2D eigenvalue weighted by molar-refractivity contribution is -0.137. The molecule has 11 heteroatoms. The normalized spacial score (nSPS) is 15.5. The Hall–Kier alpha value is -3.99. The third-order valence-electron chi connectivity index (χ3n) is 6.10. The van der Waals surface area contributed by atoms with Crippen LogP contribution in [-0.4, -0.2) is 30.0 Å². The first-order chi connectivity index (χ1) is 17.6. The Morgan fingerprint density at radius 3 is 2.51 bits per heavy atom. The molecule has 3 heterocycles. The number of fused-ring (bicyclic) bond motifs is 1. The lowest BCUT2D eigenvalue weighted by atomic mass is 9.82. The third-order valence-corrected chi connectivity index (χ3v) is 7.45. The van der Waals surface area contributed by atoms with E-state index in [-0.39, 0.29) is 23.2 Å². The highest BCUT2D eigenvalue weighted by Gasteiger charge is 2.33. The van der Waals surface area contributed by atoms with Gasteiger partial charge < -0.3 is 4.74 Å². The Labute approximate surface area is 211 Å². The van der Waals surface area contributed by atoms with Crippen molar-refractivity contribution in [2.45, 2.75) is 30.3 Å². The Bertz CT molecular complexity index is 1540. The summed E-state index contributed by atoms with van der Waals surface area (Å²) in [6.45, 7) is 2.12. The van der Waals surface area contributed by atoms with Gasteiger partial charge in [0.05, 0.1) is 22.8 Å². The summed E-state index contributed by atoms with van der Waals surface area (Å²) in [7, 11) is -3.96. The van der Waals surface area contributed by atoms with Gasteiger partial charge >= 0.3 is 6.18 Å². The third kappa shape index (κ3) is 5.12. The average molecular weight is 527 g/mol. The SMILES string of the molecule is Cc1ccc(-c2cc(C(F)(F)F)ccc2[C@@H]2CCOc3cc(S(=O)(=O)Nc4ccncn4)ccc32)nc1. The number of benzene rings is 2. The van der Waals surface area contributed by atoms with Crippen molar-refractivity contribution in [3.05, 3.63) is 95.6 Å². The standard InChI is InChI=1S/C26H21F3N4O3S/c1-16-2-7-23(31-14-16)22-12-17(26(27,28)29)3-5-19(22)20-9-11-36-24-13-18(4-6-21(20)24)37(34,35)33-25-8-10-30-15-32-25/h2-8,10,12-15,20H,9,11H2,1H3,(H,30,32,33)/t20-/m0/s1. The molecule has 190 valence electrons. The first-order valence-electron chi connectivity index (χ1n) is 11.3. The molecule has 2 aromatic carbocycles. The summed E-state index contributed by atoms with van der Waals surface area (Å²) in [6.07, 6.45) is 0.242. The first-order valence-corrected chi connectivity index (χ1v) is 12.8. The van der Waals surface area contributed by atoms with Gasteiger partial charge in [-0.2, -0.15) is 13.2 Å². The molecule has 0 spiro atoms. The molecule has 0 bridgehead atoms. The van der Waals surface area contributed by atoms with Gasteiger partial charge in [-0.15, -0.1) is 0 Å². The second-order valence-electron chi connectivity index (χ2n) is 8.61. The topological polar surface area (TPSA) is 94.1 Å². The molecule has 0 unspecified atom stereocenters. The van der Waals surface area contributed by atoms with Gasteiger partial charge in [0.25, 0.3) is 10.0 Å². The van der Waals surface area contributed by atoms with Crippen LogP contribution in [-0.2, 0) is 16.2 Å². The van der Waals surface area contributed by atoms with Crippen molar-refractivity contribution in [1.29, 1.82) is 0 Å². The second-order valence-corrected chi connectivity index (χ2v) is 10.3. The first kappa shape index (κ1) is 24.7. The largest absolute Gasteiger partial charge is 0.493 e. The predicted molar refractivity (Wildman–Crippen MR) is 131 cm³/mol. The predicted octanol–water partition coefficient (Wildman–Crippen LogP) is 5.58. The van der Waals surface area contributed by atoms with Gasteiger partial charge in [0.15, 0.2) is 0 Å². The number of anilines is 1. The molecule has 7 nitrogen and oxygen atoms in total. The Kier molecular flexibility index (Phi) is 6.32. The van der Waals surface area contributed by atoms with E-state index in [0.717, 1.165) is 17.7 Å². The van der Waals surface area contributed by atoms with Crippen molar-refractivity contribution in [3.8, 4) is 17.0 Å². The van der Waals surface area contributed by atoms with E-state index in [1.165, 1.54) is 36.8 Å².